The minimum Gasteiger partial charge on any atom is -0.370 e. The zero-order valence-corrected chi connectivity index (χ0v) is 12.3. The van der Waals surface area contributed by atoms with Crippen molar-refractivity contribution in [2.75, 3.05) is 24.5 Å². The van der Waals surface area contributed by atoms with Gasteiger partial charge in [-0.25, -0.2) is 0 Å². The van der Waals surface area contributed by atoms with Crippen LogP contribution in [0.3, 0.4) is 0 Å². The number of hydrogen-bond donors (Lipinski definition) is 1. The molecule has 1 aliphatic heterocycles. The van der Waals surface area contributed by atoms with Crippen molar-refractivity contribution < 1.29 is 0 Å². The number of nitrogens with one attached hydrogen (secondary N) is 1. The monoisotopic (exact) mass is 296 g/mol. The zero-order chi connectivity index (χ0) is 12.3. The zero-order valence-electron chi connectivity index (χ0n) is 10.7. The maximum absolute atomic E-state index is 3.59. The SMILES string of the molecule is CCCCN1CCNCc2cc(Br)cc(C)c21. The van der Waals surface area contributed by atoms with E-state index in [-0.39, 0.29) is 0 Å². The van der Waals surface area contributed by atoms with Crippen molar-refractivity contribution in [3.63, 3.8) is 0 Å². The third-order valence-corrected chi connectivity index (χ3v) is 3.77. The molecule has 2 rings (SSSR count). The molecule has 0 fully saturated rings. The Labute approximate surface area is 113 Å². The second-order valence-electron chi connectivity index (χ2n) is 4.75. The van der Waals surface area contributed by atoms with E-state index in [1.807, 2.05) is 0 Å². The van der Waals surface area contributed by atoms with Crippen molar-refractivity contribution in [2.45, 2.75) is 33.2 Å². The number of halogens is 1. The molecule has 0 amide bonds. The van der Waals surface area contributed by atoms with Gasteiger partial charge in [0.1, 0.15) is 0 Å². The first-order chi connectivity index (χ1) is 8.22. The number of aryl methyl sites for hydroxylation is 1. The molecule has 0 atom stereocenters. The summed E-state index contributed by atoms with van der Waals surface area (Å²) in [4.78, 5) is 2.54. The molecule has 0 bridgehead atoms. The summed E-state index contributed by atoms with van der Waals surface area (Å²) in [6.45, 7) is 8.83. The van der Waals surface area contributed by atoms with Crippen LogP contribution in [-0.2, 0) is 6.54 Å². The summed E-state index contributed by atoms with van der Waals surface area (Å²) in [5, 5.41) is 3.50. The van der Waals surface area contributed by atoms with Crippen LogP contribution in [-0.4, -0.2) is 19.6 Å². The molecule has 0 spiro atoms. The molecule has 0 aliphatic carbocycles. The molecule has 1 aromatic carbocycles. The van der Waals surface area contributed by atoms with E-state index in [2.05, 4.69) is 52.1 Å². The molecule has 2 nitrogen and oxygen atoms in total. The van der Waals surface area contributed by atoms with Gasteiger partial charge in [0.25, 0.3) is 0 Å². The van der Waals surface area contributed by atoms with Gasteiger partial charge < -0.3 is 10.2 Å². The fourth-order valence-electron chi connectivity index (χ4n) is 2.51. The van der Waals surface area contributed by atoms with Crippen LogP contribution in [0, 0.1) is 6.92 Å². The maximum atomic E-state index is 3.59. The first-order valence-electron chi connectivity index (χ1n) is 6.47. The van der Waals surface area contributed by atoms with Gasteiger partial charge in [0.15, 0.2) is 0 Å². The Bertz CT molecular complexity index is 390. The average Bonchev–Trinajstić information content (AvgIpc) is 2.48. The van der Waals surface area contributed by atoms with Gasteiger partial charge >= 0.3 is 0 Å². The number of anilines is 1. The molecule has 17 heavy (non-hydrogen) atoms. The summed E-state index contributed by atoms with van der Waals surface area (Å²) in [5.41, 5.74) is 4.26. The number of fused-ring (bicyclic) bond motifs is 1. The molecule has 0 unspecified atom stereocenters. The minimum absolute atomic E-state index is 0.984. The highest BCUT2D eigenvalue weighted by molar-refractivity contribution is 9.10. The molecule has 94 valence electrons. The lowest BCUT2D eigenvalue weighted by atomic mass is 10.1. The Hall–Kier alpha value is -0.540. The molecule has 1 aliphatic rings. The van der Waals surface area contributed by atoms with Crippen LogP contribution < -0.4 is 10.2 Å². The Morgan fingerprint density at radius 3 is 3.00 bits per heavy atom. The van der Waals surface area contributed by atoms with Crippen molar-refractivity contribution in [3.8, 4) is 0 Å². The number of benzene rings is 1. The van der Waals surface area contributed by atoms with Gasteiger partial charge in [-0.05, 0) is 36.6 Å². The van der Waals surface area contributed by atoms with Crippen LogP contribution >= 0.6 is 15.9 Å². The van der Waals surface area contributed by atoms with Gasteiger partial charge in [0, 0.05) is 36.3 Å². The van der Waals surface area contributed by atoms with E-state index >= 15 is 0 Å². The predicted octanol–water partition coefficient (Wildman–Crippen LogP) is 3.47. The molecule has 3 heteroatoms. The lowest BCUT2D eigenvalue weighted by Gasteiger charge is -2.26. The Kier molecular flexibility index (Phi) is 4.46. The summed E-state index contributed by atoms with van der Waals surface area (Å²) in [6, 6.07) is 4.47. The number of rotatable bonds is 3. The number of hydrogen-bond acceptors (Lipinski definition) is 2. The number of nitrogens with zero attached hydrogens (tertiary/aromatic N) is 1. The summed E-state index contributed by atoms with van der Waals surface area (Å²) in [7, 11) is 0. The van der Waals surface area contributed by atoms with Gasteiger partial charge in [-0.15, -0.1) is 0 Å². The highest BCUT2D eigenvalue weighted by Gasteiger charge is 2.17. The topological polar surface area (TPSA) is 15.3 Å². The van der Waals surface area contributed by atoms with Gasteiger partial charge in [0.2, 0.25) is 0 Å². The molecule has 1 heterocycles. The Morgan fingerprint density at radius 2 is 2.24 bits per heavy atom. The van der Waals surface area contributed by atoms with E-state index in [9.17, 15) is 0 Å². The minimum atomic E-state index is 0.984. The molecular weight excluding hydrogens is 276 g/mol. The third-order valence-electron chi connectivity index (χ3n) is 3.32. The largest absolute Gasteiger partial charge is 0.370 e. The maximum Gasteiger partial charge on any atom is 0.0442 e. The first-order valence-corrected chi connectivity index (χ1v) is 7.26. The lowest BCUT2D eigenvalue weighted by molar-refractivity contribution is 0.669. The molecule has 1 aromatic rings. The normalized spacial score (nSPS) is 15.6. The second-order valence-corrected chi connectivity index (χ2v) is 5.66. The predicted molar refractivity (Wildman–Crippen MR) is 77.7 cm³/mol. The Balaban J connectivity index is 2.33. The van der Waals surface area contributed by atoms with Crippen LogP contribution in [0.5, 0.6) is 0 Å². The van der Waals surface area contributed by atoms with Crippen molar-refractivity contribution in [1.29, 1.82) is 0 Å². The van der Waals surface area contributed by atoms with Crippen LogP contribution in [0.1, 0.15) is 30.9 Å². The van der Waals surface area contributed by atoms with Crippen molar-refractivity contribution >= 4 is 21.6 Å². The van der Waals surface area contributed by atoms with E-state index in [4.69, 9.17) is 0 Å². The fourth-order valence-corrected chi connectivity index (χ4v) is 3.13. The smallest absolute Gasteiger partial charge is 0.0442 e. The molecule has 0 saturated carbocycles. The fraction of sp³-hybridized carbons (Fsp3) is 0.571. The third kappa shape index (κ3) is 3.02. The summed E-state index contributed by atoms with van der Waals surface area (Å²) in [5.74, 6) is 0. The van der Waals surface area contributed by atoms with Crippen LogP contribution in [0.25, 0.3) is 0 Å². The van der Waals surface area contributed by atoms with E-state index in [0.717, 1.165) is 19.6 Å². The molecular formula is C14H21BrN2. The van der Waals surface area contributed by atoms with Gasteiger partial charge in [0.05, 0.1) is 0 Å². The highest BCUT2D eigenvalue weighted by Crippen LogP contribution is 2.30. The van der Waals surface area contributed by atoms with Crippen LogP contribution in [0.2, 0.25) is 0 Å². The van der Waals surface area contributed by atoms with E-state index in [0.29, 0.717) is 0 Å². The quantitative estimate of drug-likeness (QED) is 0.919. The summed E-state index contributed by atoms with van der Waals surface area (Å²) in [6.07, 6.45) is 2.53. The summed E-state index contributed by atoms with van der Waals surface area (Å²) >= 11 is 3.59. The molecule has 0 saturated heterocycles. The van der Waals surface area contributed by atoms with Gasteiger partial charge in [-0.1, -0.05) is 29.3 Å². The first kappa shape index (κ1) is 12.9. The summed E-state index contributed by atoms with van der Waals surface area (Å²) < 4.78 is 1.19. The molecule has 0 radical (unpaired) electrons. The number of unbranched alkanes of at least 4 members (excludes halogenated alkanes) is 1. The van der Waals surface area contributed by atoms with Crippen molar-refractivity contribution in [2.24, 2.45) is 0 Å². The average molecular weight is 297 g/mol. The molecule has 1 N–H and O–H groups in total. The Morgan fingerprint density at radius 1 is 1.41 bits per heavy atom. The second kappa shape index (κ2) is 5.87. The van der Waals surface area contributed by atoms with Crippen molar-refractivity contribution in [1.82, 2.24) is 5.32 Å². The molecule has 0 aromatic heterocycles. The van der Waals surface area contributed by atoms with Crippen LogP contribution in [0.4, 0.5) is 5.69 Å². The van der Waals surface area contributed by atoms with Crippen LogP contribution in [0.15, 0.2) is 16.6 Å². The standard InChI is InChI=1S/C14H21BrN2/c1-3-4-6-17-7-5-16-10-12-9-13(15)8-11(2)14(12)17/h8-9,16H,3-7,10H2,1-2H3. The highest BCUT2D eigenvalue weighted by atomic mass is 79.9. The van der Waals surface area contributed by atoms with Crippen molar-refractivity contribution in [3.05, 3.63) is 27.7 Å². The van der Waals surface area contributed by atoms with Gasteiger partial charge in [-0.2, -0.15) is 0 Å². The van der Waals surface area contributed by atoms with E-state index in [1.165, 1.54) is 40.7 Å². The van der Waals surface area contributed by atoms with E-state index in [1.54, 1.807) is 0 Å². The van der Waals surface area contributed by atoms with E-state index < -0.39 is 0 Å². The van der Waals surface area contributed by atoms with Gasteiger partial charge in [-0.3, -0.25) is 0 Å². The lowest BCUT2D eigenvalue weighted by Crippen LogP contribution is -2.30.